The maximum Gasteiger partial charge on any atom is 0.0950 e. The average Bonchev–Trinajstić information content (AvgIpc) is 2.96. The van der Waals surface area contributed by atoms with E-state index >= 15 is 0 Å². The molecule has 0 amide bonds. The summed E-state index contributed by atoms with van der Waals surface area (Å²) in [6.07, 6.45) is 3.84. The lowest BCUT2D eigenvalue weighted by Gasteiger charge is -2.21. The van der Waals surface area contributed by atoms with E-state index in [2.05, 4.69) is 43.4 Å². The fourth-order valence-electron chi connectivity index (χ4n) is 2.55. The molecule has 2 unspecified atom stereocenters. The van der Waals surface area contributed by atoms with Crippen LogP contribution in [0.4, 0.5) is 0 Å². The average molecular weight is 277 g/mol. The van der Waals surface area contributed by atoms with Crippen molar-refractivity contribution in [3.63, 3.8) is 0 Å². The third-order valence-corrected chi connectivity index (χ3v) is 3.68. The molecule has 1 aliphatic rings. The van der Waals surface area contributed by atoms with Crippen molar-refractivity contribution in [1.29, 1.82) is 0 Å². The molecule has 1 fully saturated rings. The van der Waals surface area contributed by atoms with Gasteiger partial charge in [0, 0.05) is 13.2 Å². The van der Waals surface area contributed by atoms with Gasteiger partial charge in [0.15, 0.2) is 0 Å². The summed E-state index contributed by atoms with van der Waals surface area (Å²) in [6.45, 7) is 7.79. The van der Waals surface area contributed by atoms with Crippen LogP contribution in [0.5, 0.6) is 0 Å². The maximum atomic E-state index is 6.13. The Kier molecular flexibility index (Phi) is 6.51. The smallest absolute Gasteiger partial charge is 0.0950 e. The second-order valence-electron chi connectivity index (χ2n) is 5.58. The fourth-order valence-corrected chi connectivity index (χ4v) is 2.55. The first-order valence-electron chi connectivity index (χ1n) is 7.80. The molecule has 2 rings (SSSR count). The Morgan fingerprint density at radius 1 is 1.45 bits per heavy atom. The van der Waals surface area contributed by atoms with Gasteiger partial charge in [-0.1, -0.05) is 36.8 Å². The molecular weight excluding hydrogens is 250 g/mol. The number of hydrogen-bond donors (Lipinski definition) is 1. The molecule has 3 heteroatoms. The zero-order valence-electron chi connectivity index (χ0n) is 12.7. The third kappa shape index (κ3) is 4.89. The largest absolute Gasteiger partial charge is 0.376 e. The molecule has 0 radical (unpaired) electrons. The molecular formula is C17H27NO2. The second-order valence-corrected chi connectivity index (χ2v) is 5.58. The fraction of sp³-hybridized carbons (Fsp3) is 0.647. The second kappa shape index (κ2) is 8.40. The topological polar surface area (TPSA) is 30.5 Å². The van der Waals surface area contributed by atoms with Gasteiger partial charge in [-0.25, -0.2) is 0 Å². The van der Waals surface area contributed by atoms with Crippen LogP contribution in [0.25, 0.3) is 0 Å². The highest BCUT2D eigenvalue weighted by molar-refractivity contribution is 5.24. The first-order chi connectivity index (χ1) is 9.79. The summed E-state index contributed by atoms with van der Waals surface area (Å²) in [5, 5.41) is 3.46. The third-order valence-electron chi connectivity index (χ3n) is 3.68. The summed E-state index contributed by atoms with van der Waals surface area (Å²) < 4.78 is 11.8. The summed E-state index contributed by atoms with van der Waals surface area (Å²) in [6, 6.07) is 8.60. The van der Waals surface area contributed by atoms with Crippen molar-refractivity contribution in [2.45, 2.75) is 45.3 Å². The maximum absolute atomic E-state index is 6.13. The van der Waals surface area contributed by atoms with Crippen LogP contribution in [-0.2, 0) is 9.47 Å². The number of hydrogen-bond acceptors (Lipinski definition) is 3. The van der Waals surface area contributed by atoms with E-state index in [9.17, 15) is 0 Å². The summed E-state index contributed by atoms with van der Waals surface area (Å²) in [4.78, 5) is 0. The lowest BCUT2D eigenvalue weighted by atomic mass is 10.1. The first kappa shape index (κ1) is 15.5. The summed E-state index contributed by atoms with van der Waals surface area (Å²) >= 11 is 0. The van der Waals surface area contributed by atoms with Gasteiger partial charge in [0.25, 0.3) is 0 Å². The van der Waals surface area contributed by atoms with E-state index < -0.39 is 0 Å². The van der Waals surface area contributed by atoms with Crippen molar-refractivity contribution in [3.05, 3.63) is 35.4 Å². The van der Waals surface area contributed by atoms with E-state index in [0.29, 0.717) is 6.61 Å². The molecule has 1 aromatic carbocycles. The molecule has 1 heterocycles. The van der Waals surface area contributed by atoms with Crippen LogP contribution in [-0.4, -0.2) is 32.4 Å². The Bertz CT molecular complexity index is 388. The van der Waals surface area contributed by atoms with Gasteiger partial charge in [0.2, 0.25) is 0 Å². The highest BCUT2D eigenvalue weighted by Gasteiger charge is 2.19. The zero-order valence-corrected chi connectivity index (χ0v) is 12.7. The van der Waals surface area contributed by atoms with E-state index in [0.717, 1.165) is 39.0 Å². The Hall–Kier alpha value is -0.900. The Balaban J connectivity index is 1.92. The molecule has 20 heavy (non-hydrogen) atoms. The van der Waals surface area contributed by atoms with Gasteiger partial charge in [-0.15, -0.1) is 0 Å². The molecule has 1 N–H and O–H groups in total. The highest BCUT2D eigenvalue weighted by atomic mass is 16.5. The van der Waals surface area contributed by atoms with Gasteiger partial charge in [0.05, 0.1) is 18.8 Å². The summed E-state index contributed by atoms with van der Waals surface area (Å²) in [5.74, 6) is 0. The molecule has 1 aromatic rings. The minimum Gasteiger partial charge on any atom is -0.376 e. The Labute approximate surface area is 122 Å². The molecule has 3 nitrogen and oxygen atoms in total. The molecule has 1 saturated heterocycles. The lowest BCUT2D eigenvalue weighted by molar-refractivity contribution is -0.0209. The number of rotatable bonds is 8. The summed E-state index contributed by atoms with van der Waals surface area (Å²) in [5.41, 5.74) is 2.54. The van der Waals surface area contributed by atoms with E-state index in [-0.39, 0.29) is 12.2 Å². The van der Waals surface area contributed by atoms with Gasteiger partial charge in [-0.05, 0) is 38.3 Å². The van der Waals surface area contributed by atoms with Gasteiger partial charge < -0.3 is 14.8 Å². The summed E-state index contributed by atoms with van der Waals surface area (Å²) in [7, 11) is 0. The minimum absolute atomic E-state index is 0.116. The van der Waals surface area contributed by atoms with Crippen LogP contribution >= 0.6 is 0 Å². The molecule has 0 bridgehead atoms. The molecule has 0 spiro atoms. The SMILES string of the molecule is CCCNCC(OCC1CCCO1)c1cccc(C)c1. The predicted octanol–water partition coefficient (Wildman–Crippen LogP) is 3.23. The predicted molar refractivity (Wildman–Crippen MR) is 82.0 cm³/mol. The first-order valence-corrected chi connectivity index (χ1v) is 7.80. The quantitative estimate of drug-likeness (QED) is 0.740. The number of nitrogens with one attached hydrogen (secondary N) is 1. The van der Waals surface area contributed by atoms with Crippen LogP contribution in [0.1, 0.15) is 43.4 Å². The minimum atomic E-state index is 0.116. The van der Waals surface area contributed by atoms with Gasteiger partial charge in [0.1, 0.15) is 0 Å². The van der Waals surface area contributed by atoms with Crippen molar-refractivity contribution in [2.75, 3.05) is 26.3 Å². The molecule has 2 atom stereocenters. The van der Waals surface area contributed by atoms with Crippen molar-refractivity contribution >= 4 is 0 Å². The van der Waals surface area contributed by atoms with Gasteiger partial charge >= 0.3 is 0 Å². The molecule has 1 aliphatic heterocycles. The Morgan fingerprint density at radius 2 is 2.35 bits per heavy atom. The zero-order chi connectivity index (χ0) is 14.2. The van der Waals surface area contributed by atoms with Crippen molar-refractivity contribution in [3.8, 4) is 0 Å². The molecule has 0 aromatic heterocycles. The molecule has 0 aliphatic carbocycles. The Morgan fingerprint density at radius 3 is 3.05 bits per heavy atom. The lowest BCUT2D eigenvalue weighted by Crippen LogP contribution is -2.26. The van der Waals surface area contributed by atoms with E-state index in [4.69, 9.17) is 9.47 Å². The van der Waals surface area contributed by atoms with Crippen LogP contribution in [0.3, 0.4) is 0 Å². The van der Waals surface area contributed by atoms with Crippen LogP contribution in [0, 0.1) is 6.92 Å². The molecule has 0 saturated carbocycles. The molecule has 112 valence electrons. The van der Waals surface area contributed by atoms with Crippen LogP contribution in [0.2, 0.25) is 0 Å². The monoisotopic (exact) mass is 277 g/mol. The van der Waals surface area contributed by atoms with Crippen molar-refractivity contribution in [1.82, 2.24) is 5.32 Å². The number of aryl methyl sites for hydroxylation is 1. The standard InChI is InChI=1S/C17H27NO2/c1-3-9-18-12-17(15-7-4-6-14(2)11-15)20-13-16-8-5-10-19-16/h4,6-7,11,16-18H,3,5,8-10,12-13H2,1-2H3. The van der Waals surface area contributed by atoms with E-state index in [1.165, 1.54) is 11.1 Å². The number of ether oxygens (including phenoxy) is 2. The highest BCUT2D eigenvalue weighted by Crippen LogP contribution is 2.20. The van der Waals surface area contributed by atoms with Crippen molar-refractivity contribution < 1.29 is 9.47 Å². The van der Waals surface area contributed by atoms with Crippen LogP contribution < -0.4 is 5.32 Å². The van der Waals surface area contributed by atoms with Crippen LogP contribution in [0.15, 0.2) is 24.3 Å². The van der Waals surface area contributed by atoms with E-state index in [1.807, 2.05) is 0 Å². The van der Waals surface area contributed by atoms with Gasteiger partial charge in [-0.3, -0.25) is 0 Å². The number of benzene rings is 1. The normalized spacial score (nSPS) is 20.2. The van der Waals surface area contributed by atoms with Crippen molar-refractivity contribution in [2.24, 2.45) is 0 Å². The van der Waals surface area contributed by atoms with E-state index in [1.54, 1.807) is 0 Å². The van der Waals surface area contributed by atoms with Gasteiger partial charge in [-0.2, -0.15) is 0 Å².